The average Bonchev–Trinajstić information content (AvgIpc) is 2.39. The summed E-state index contributed by atoms with van der Waals surface area (Å²) in [6.45, 7) is 6.01. The van der Waals surface area contributed by atoms with Crippen molar-refractivity contribution in [1.82, 2.24) is 10.3 Å². The zero-order chi connectivity index (χ0) is 12.3. The standard InChI is InChI=1S/C15H16N2/c1-11-5-4-10-17-15(11)14-8-6-13(7-9-14)12(2)16-3/h4-10,16H,2H2,1,3H3. The van der Waals surface area contributed by atoms with E-state index in [0.29, 0.717) is 0 Å². The highest BCUT2D eigenvalue weighted by atomic mass is 14.8. The van der Waals surface area contributed by atoms with Crippen LogP contribution in [0.5, 0.6) is 0 Å². The predicted octanol–water partition coefficient (Wildman–Crippen LogP) is 3.25. The first-order valence-corrected chi connectivity index (χ1v) is 5.61. The smallest absolute Gasteiger partial charge is 0.0731 e. The molecule has 2 aromatic rings. The van der Waals surface area contributed by atoms with Gasteiger partial charge < -0.3 is 5.32 Å². The number of pyridine rings is 1. The largest absolute Gasteiger partial charge is 0.388 e. The summed E-state index contributed by atoms with van der Waals surface area (Å²) in [5.74, 6) is 0. The minimum absolute atomic E-state index is 0.925. The first kappa shape index (κ1) is 11.4. The van der Waals surface area contributed by atoms with Gasteiger partial charge in [-0.05, 0) is 24.1 Å². The number of nitrogens with zero attached hydrogens (tertiary/aromatic N) is 1. The summed E-state index contributed by atoms with van der Waals surface area (Å²) in [6, 6.07) is 12.3. The van der Waals surface area contributed by atoms with Crippen LogP contribution in [-0.2, 0) is 0 Å². The van der Waals surface area contributed by atoms with Gasteiger partial charge >= 0.3 is 0 Å². The molecule has 0 aliphatic rings. The van der Waals surface area contributed by atoms with Gasteiger partial charge in [0, 0.05) is 24.5 Å². The highest BCUT2D eigenvalue weighted by Crippen LogP contribution is 2.22. The molecule has 2 heteroatoms. The lowest BCUT2D eigenvalue weighted by Gasteiger charge is -2.07. The Bertz CT molecular complexity index is 527. The molecule has 0 spiro atoms. The SMILES string of the molecule is C=C(NC)c1ccc(-c2ncccc2C)cc1. The number of benzene rings is 1. The van der Waals surface area contributed by atoms with Crippen LogP contribution in [0.3, 0.4) is 0 Å². The number of nitrogens with one attached hydrogen (secondary N) is 1. The number of hydrogen-bond acceptors (Lipinski definition) is 2. The van der Waals surface area contributed by atoms with E-state index in [4.69, 9.17) is 0 Å². The summed E-state index contributed by atoms with van der Waals surface area (Å²) in [7, 11) is 1.87. The lowest BCUT2D eigenvalue weighted by atomic mass is 10.0. The maximum atomic E-state index is 4.41. The van der Waals surface area contributed by atoms with Gasteiger partial charge in [0.2, 0.25) is 0 Å². The Kier molecular flexibility index (Phi) is 3.24. The van der Waals surface area contributed by atoms with Crippen LogP contribution in [0.25, 0.3) is 17.0 Å². The van der Waals surface area contributed by atoms with Crippen LogP contribution in [0, 0.1) is 6.92 Å². The minimum atomic E-state index is 0.925. The molecule has 0 radical (unpaired) electrons. The Labute approximate surface area is 102 Å². The Morgan fingerprint density at radius 1 is 1.18 bits per heavy atom. The van der Waals surface area contributed by atoms with Crippen LogP contribution in [0.2, 0.25) is 0 Å². The van der Waals surface area contributed by atoms with E-state index < -0.39 is 0 Å². The number of rotatable bonds is 3. The summed E-state index contributed by atoms with van der Waals surface area (Å²) in [5.41, 5.74) is 5.39. The second-order valence-electron chi connectivity index (χ2n) is 3.97. The molecule has 86 valence electrons. The lowest BCUT2D eigenvalue weighted by Crippen LogP contribution is -2.02. The maximum Gasteiger partial charge on any atom is 0.0731 e. The van der Waals surface area contributed by atoms with Gasteiger partial charge in [-0.15, -0.1) is 0 Å². The van der Waals surface area contributed by atoms with E-state index in [9.17, 15) is 0 Å². The highest BCUT2D eigenvalue weighted by molar-refractivity contribution is 5.68. The van der Waals surface area contributed by atoms with Gasteiger partial charge in [0.1, 0.15) is 0 Å². The van der Waals surface area contributed by atoms with Gasteiger partial charge in [-0.1, -0.05) is 36.9 Å². The van der Waals surface area contributed by atoms with Crippen LogP contribution in [0.4, 0.5) is 0 Å². The molecular weight excluding hydrogens is 208 g/mol. The second-order valence-corrected chi connectivity index (χ2v) is 3.97. The zero-order valence-corrected chi connectivity index (χ0v) is 10.2. The van der Waals surface area contributed by atoms with Crippen molar-refractivity contribution in [1.29, 1.82) is 0 Å². The van der Waals surface area contributed by atoms with E-state index in [1.807, 2.05) is 19.3 Å². The molecule has 0 amide bonds. The van der Waals surface area contributed by atoms with Crippen molar-refractivity contribution in [3.63, 3.8) is 0 Å². The molecule has 1 aromatic heterocycles. The number of aryl methyl sites for hydroxylation is 1. The van der Waals surface area contributed by atoms with Gasteiger partial charge in [-0.25, -0.2) is 0 Å². The molecule has 1 N–H and O–H groups in total. The lowest BCUT2D eigenvalue weighted by molar-refractivity contribution is 1.13. The van der Waals surface area contributed by atoms with Crippen molar-refractivity contribution in [2.75, 3.05) is 7.05 Å². The van der Waals surface area contributed by atoms with E-state index >= 15 is 0 Å². The normalized spacial score (nSPS) is 10.0. The predicted molar refractivity (Wildman–Crippen MR) is 72.5 cm³/mol. The first-order valence-electron chi connectivity index (χ1n) is 5.61. The Balaban J connectivity index is 2.36. The molecule has 0 saturated heterocycles. The minimum Gasteiger partial charge on any atom is -0.388 e. The third-order valence-electron chi connectivity index (χ3n) is 2.82. The molecule has 0 atom stereocenters. The molecule has 17 heavy (non-hydrogen) atoms. The van der Waals surface area contributed by atoms with Crippen molar-refractivity contribution in [2.45, 2.75) is 6.92 Å². The molecule has 1 heterocycles. The van der Waals surface area contributed by atoms with Crippen LogP contribution >= 0.6 is 0 Å². The maximum absolute atomic E-state index is 4.41. The fraction of sp³-hybridized carbons (Fsp3) is 0.133. The van der Waals surface area contributed by atoms with Crippen molar-refractivity contribution in [3.05, 3.63) is 60.3 Å². The number of hydrogen-bond donors (Lipinski definition) is 1. The fourth-order valence-electron chi connectivity index (χ4n) is 1.76. The molecule has 2 nitrogen and oxygen atoms in total. The van der Waals surface area contributed by atoms with Crippen LogP contribution in [-0.4, -0.2) is 12.0 Å². The topological polar surface area (TPSA) is 24.9 Å². The van der Waals surface area contributed by atoms with Gasteiger partial charge in [-0.2, -0.15) is 0 Å². The first-order chi connectivity index (χ1) is 8.22. The Morgan fingerprint density at radius 3 is 2.47 bits per heavy atom. The zero-order valence-electron chi connectivity index (χ0n) is 10.2. The number of aromatic nitrogens is 1. The van der Waals surface area contributed by atoms with Gasteiger partial charge in [0.15, 0.2) is 0 Å². The molecule has 0 saturated carbocycles. The molecule has 0 fully saturated rings. The molecular formula is C15H16N2. The van der Waals surface area contributed by atoms with Crippen molar-refractivity contribution in [2.24, 2.45) is 0 Å². The van der Waals surface area contributed by atoms with Crippen LogP contribution in [0.15, 0.2) is 49.2 Å². The molecule has 1 aromatic carbocycles. The van der Waals surface area contributed by atoms with E-state index in [0.717, 1.165) is 22.5 Å². The van der Waals surface area contributed by atoms with E-state index in [1.54, 1.807) is 0 Å². The van der Waals surface area contributed by atoms with Crippen molar-refractivity contribution >= 4 is 5.70 Å². The third kappa shape index (κ3) is 2.36. The molecule has 0 bridgehead atoms. The van der Waals surface area contributed by atoms with Gasteiger partial charge in [-0.3, -0.25) is 4.98 Å². The summed E-state index contributed by atoms with van der Waals surface area (Å²) in [4.78, 5) is 4.41. The highest BCUT2D eigenvalue weighted by Gasteiger charge is 2.03. The fourth-order valence-corrected chi connectivity index (χ4v) is 1.76. The van der Waals surface area contributed by atoms with Crippen LogP contribution < -0.4 is 5.32 Å². The Hall–Kier alpha value is -2.09. The molecule has 0 aliphatic carbocycles. The summed E-state index contributed by atoms with van der Waals surface area (Å²) >= 11 is 0. The third-order valence-corrected chi connectivity index (χ3v) is 2.82. The monoisotopic (exact) mass is 224 g/mol. The quantitative estimate of drug-likeness (QED) is 0.865. The van der Waals surface area contributed by atoms with Crippen molar-refractivity contribution < 1.29 is 0 Å². The summed E-state index contributed by atoms with van der Waals surface area (Å²) in [6.07, 6.45) is 1.82. The van der Waals surface area contributed by atoms with E-state index in [-0.39, 0.29) is 0 Å². The average molecular weight is 224 g/mol. The molecule has 0 unspecified atom stereocenters. The summed E-state index contributed by atoms with van der Waals surface area (Å²) in [5, 5.41) is 3.04. The second kappa shape index (κ2) is 4.83. The van der Waals surface area contributed by atoms with Gasteiger partial charge in [0.05, 0.1) is 5.69 Å². The molecule has 0 aliphatic heterocycles. The molecule has 2 rings (SSSR count). The van der Waals surface area contributed by atoms with Gasteiger partial charge in [0.25, 0.3) is 0 Å². The van der Waals surface area contributed by atoms with E-state index in [2.05, 4.69) is 54.1 Å². The summed E-state index contributed by atoms with van der Waals surface area (Å²) < 4.78 is 0. The van der Waals surface area contributed by atoms with Crippen LogP contribution in [0.1, 0.15) is 11.1 Å². The Morgan fingerprint density at radius 2 is 1.88 bits per heavy atom. The van der Waals surface area contributed by atoms with Crippen molar-refractivity contribution in [3.8, 4) is 11.3 Å². The van der Waals surface area contributed by atoms with E-state index in [1.165, 1.54) is 5.56 Å².